The van der Waals surface area contributed by atoms with Gasteiger partial charge in [0.15, 0.2) is 0 Å². The average molecular weight is 249 g/mol. The molecule has 0 spiro atoms. The minimum Gasteiger partial charge on any atom is -0.192 e. The summed E-state index contributed by atoms with van der Waals surface area (Å²) < 4.78 is 0. The first-order valence-electron chi connectivity index (χ1n) is 6.66. The van der Waals surface area contributed by atoms with Crippen LogP contribution in [0.5, 0.6) is 0 Å². The maximum atomic E-state index is 8.79. The second-order valence-corrected chi connectivity index (χ2v) is 5.19. The van der Waals surface area contributed by atoms with Gasteiger partial charge in [-0.25, -0.2) is 0 Å². The van der Waals surface area contributed by atoms with Crippen molar-refractivity contribution < 1.29 is 0 Å². The topological polar surface area (TPSA) is 23.8 Å². The van der Waals surface area contributed by atoms with Crippen molar-refractivity contribution in [1.82, 2.24) is 0 Å². The van der Waals surface area contributed by atoms with Gasteiger partial charge >= 0.3 is 0 Å². The molecular formula is C18H19N. The van der Waals surface area contributed by atoms with Crippen molar-refractivity contribution in [3.05, 3.63) is 69.8 Å². The van der Waals surface area contributed by atoms with Gasteiger partial charge in [-0.05, 0) is 68.0 Å². The number of nitrogens with zero attached hydrogens (tertiary/aromatic N) is 1. The third-order valence-electron chi connectivity index (χ3n) is 3.59. The highest BCUT2D eigenvalue weighted by atomic mass is 14.2. The van der Waals surface area contributed by atoms with Crippen LogP contribution in [0.1, 0.15) is 33.4 Å². The highest BCUT2D eigenvalue weighted by Crippen LogP contribution is 2.18. The van der Waals surface area contributed by atoms with E-state index < -0.39 is 0 Å². The van der Waals surface area contributed by atoms with Crippen LogP contribution in [0.3, 0.4) is 0 Å². The lowest BCUT2D eigenvalue weighted by atomic mass is 9.94. The monoisotopic (exact) mass is 249 g/mol. The predicted molar refractivity (Wildman–Crippen MR) is 79.2 cm³/mol. The molecule has 1 heteroatoms. The van der Waals surface area contributed by atoms with E-state index in [4.69, 9.17) is 5.26 Å². The van der Waals surface area contributed by atoms with E-state index in [1.165, 1.54) is 27.8 Å². The van der Waals surface area contributed by atoms with E-state index >= 15 is 0 Å². The standard InChI is InChI=1S/C18H19N/c1-13-10-14(2)18(15(3)11-13)9-8-16-4-6-17(12-19)7-5-16/h4-7,10-11H,8-9H2,1-3H3. The Balaban J connectivity index is 2.12. The van der Waals surface area contributed by atoms with E-state index in [-0.39, 0.29) is 0 Å². The zero-order valence-electron chi connectivity index (χ0n) is 11.8. The van der Waals surface area contributed by atoms with E-state index in [1.807, 2.05) is 12.1 Å². The first kappa shape index (κ1) is 13.4. The van der Waals surface area contributed by atoms with Gasteiger partial charge in [-0.1, -0.05) is 29.8 Å². The Labute approximate surface area is 115 Å². The minimum atomic E-state index is 0.728. The van der Waals surface area contributed by atoms with Crippen molar-refractivity contribution in [1.29, 1.82) is 5.26 Å². The third-order valence-corrected chi connectivity index (χ3v) is 3.59. The average Bonchev–Trinajstić information content (AvgIpc) is 2.38. The van der Waals surface area contributed by atoms with E-state index in [1.54, 1.807) is 0 Å². The lowest BCUT2D eigenvalue weighted by molar-refractivity contribution is 0.935. The van der Waals surface area contributed by atoms with E-state index in [0.717, 1.165) is 18.4 Å². The fourth-order valence-electron chi connectivity index (χ4n) is 2.62. The van der Waals surface area contributed by atoms with Gasteiger partial charge in [-0.2, -0.15) is 5.26 Å². The summed E-state index contributed by atoms with van der Waals surface area (Å²) in [6.07, 6.45) is 2.08. The summed E-state index contributed by atoms with van der Waals surface area (Å²) in [4.78, 5) is 0. The van der Waals surface area contributed by atoms with Crippen LogP contribution in [0.25, 0.3) is 0 Å². The Bertz CT molecular complexity index is 592. The molecule has 2 aromatic rings. The predicted octanol–water partition coefficient (Wildman–Crippen LogP) is 4.27. The van der Waals surface area contributed by atoms with E-state index in [9.17, 15) is 0 Å². The molecule has 0 aromatic heterocycles. The zero-order valence-corrected chi connectivity index (χ0v) is 11.8. The van der Waals surface area contributed by atoms with Crippen LogP contribution in [0.15, 0.2) is 36.4 Å². The summed E-state index contributed by atoms with van der Waals surface area (Å²) in [7, 11) is 0. The minimum absolute atomic E-state index is 0.728. The highest BCUT2D eigenvalue weighted by Gasteiger charge is 2.04. The van der Waals surface area contributed by atoms with Crippen LogP contribution in [-0.2, 0) is 12.8 Å². The molecule has 0 heterocycles. The molecule has 2 rings (SSSR count). The largest absolute Gasteiger partial charge is 0.192 e. The molecule has 0 N–H and O–H groups in total. The van der Waals surface area contributed by atoms with Gasteiger partial charge in [-0.3, -0.25) is 0 Å². The molecule has 1 nitrogen and oxygen atoms in total. The van der Waals surface area contributed by atoms with Crippen LogP contribution in [-0.4, -0.2) is 0 Å². The van der Waals surface area contributed by atoms with E-state index in [0.29, 0.717) is 0 Å². The Hall–Kier alpha value is -2.07. The molecule has 0 fully saturated rings. The number of benzene rings is 2. The highest BCUT2D eigenvalue weighted by molar-refractivity contribution is 5.38. The normalized spacial score (nSPS) is 10.2. The van der Waals surface area contributed by atoms with Gasteiger partial charge in [0.05, 0.1) is 11.6 Å². The SMILES string of the molecule is Cc1cc(C)c(CCc2ccc(C#N)cc2)c(C)c1. The van der Waals surface area contributed by atoms with Crippen LogP contribution in [0.2, 0.25) is 0 Å². The van der Waals surface area contributed by atoms with Crippen LogP contribution in [0.4, 0.5) is 0 Å². The Morgan fingerprint density at radius 3 is 2.00 bits per heavy atom. The number of aryl methyl sites for hydroxylation is 4. The molecule has 2 aromatic carbocycles. The summed E-state index contributed by atoms with van der Waals surface area (Å²) in [6, 6.07) is 14.5. The second kappa shape index (κ2) is 5.71. The van der Waals surface area contributed by atoms with Gasteiger partial charge in [-0.15, -0.1) is 0 Å². The maximum absolute atomic E-state index is 8.79. The quantitative estimate of drug-likeness (QED) is 0.797. The number of nitriles is 1. The van der Waals surface area contributed by atoms with Crippen molar-refractivity contribution in [2.24, 2.45) is 0 Å². The van der Waals surface area contributed by atoms with Gasteiger partial charge in [0.1, 0.15) is 0 Å². The number of hydrogen-bond acceptors (Lipinski definition) is 1. The maximum Gasteiger partial charge on any atom is 0.0991 e. The smallest absolute Gasteiger partial charge is 0.0991 e. The van der Waals surface area contributed by atoms with Crippen molar-refractivity contribution in [3.63, 3.8) is 0 Å². The Morgan fingerprint density at radius 2 is 1.47 bits per heavy atom. The molecule has 0 unspecified atom stereocenters. The molecule has 0 aliphatic heterocycles. The molecule has 19 heavy (non-hydrogen) atoms. The number of rotatable bonds is 3. The summed E-state index contributed by atoms with van der Waals surface area (Å²) in [5.41, 5.74) is 7.56. The summed E-state index contributed by atoms with van der Waals surface area (Å²) in [5.74, 6) is 0. The molecule has 0 aliphatic rings. The molecule has 0 saturated heterocycles. The lowest BCUT2D eigenvalue weighted by Crippen LogP contribution is -1.98. The molecule has 0 radical (unpaired) electrons. The van der Waals surface area contributed by atoms with Crippen LogP contribution >= 0.6 is 0 Å². The van der Waals surface area contributed by atoms with Crippen molar-refractivity contribution in [2.75, 3.05) is 0 Å². The zero-order chi connectivity index (χ0) is 13.8. The van der Waals surface area contributed by atoms with E-state index in [2.05, 4.69) is 51.1 Å². The molecule has 0 atom stereocenters. The summed E-state index contributed by atoms with van der Waals surface area (Å²) in [6.45, 7) is 6.52. The third kappa shape index (κ3) is 3.23. The molecule has 0 aliphatic carbocycles. The Kier molecular flexibility index (Phi) is 4.02. The molecule has 0 saturated carbocycles. The lowest BCUT2D eigenvalue weighted by Gasteiger charge is -2.11. The van der Waals surface area contributed by atoms with Crippen molar-refractivity contribution in [2.45, 2.75) is 33.6 Å². The Morgan fingerprint density at radius 1 is 0.895 bits per heavy atom. The van der Waals surface area contributed by atoms with Crippen LogP contribution < -0.4 is 0 Å². The van der Waals surface area contributed by atoms with Gasteiger partial charge in [0, 0.05) is 0 Å². The molecule has 96 valence electrons. The summed E-state index contributed by atoms with van der Waals surface area (Å²) in [5, 5.41) is 8.79. The summed E-state index contributed by atoms with van der Waals surface area (Å²) >= 11 is 0. The van der Waals surface area contributed by atoms with Crippen molar-refractivity contribution >= 4 is 0 Å². The molecular weight excluding hydrogens is 230 g/mol. The fraction of sp³-hybridized carbons (Fsp3) is 0.278. The molecule has 0 amide bonds. The van der Waals surface area contributed by atoms with Gasteiger partial charge < -0.3 is 0 Å². The van der Waals surface area contributed by atoms with Crippen molar-refractivity contribution in [3.8, 4) is 6.07 Å². The second-order valence-electron chi connectivity index (χ2n) is 5.19. The van der Waals surface area contributed by atoms with Gasteiger partial charge in [0.2, 0.25) is 0 Å². The number of hydrogen-bond donors (Lipinski definition) is 0. The fourth-order valence-corrected chi connectivity index (χ4v) is 2.62. The van der Waals surface area contributed by atoms with Crippen LogP contribution in [0, 0.1) is 32.1 Å². The first-order chi connectivity index (χ1) is 9.10. The first-order valence-corrected chi connectivity index (χ1v) is 6.66. The van der Waals surface area contributed by atoms with Gasteiger partial charge in [0.25, 0.3) is 0 Å². The molecule has 0 bridgehead atoms.